The van der Waals surface area contributed by atoms with Crippen molar-refractivity contribution in [3.8, 4) is 0 Å². The van der Waals surface area contributed by atoms with Crippen LogP contribution in [0.15, 0.2) is 18.2 Å². The molecule has 1 aliphatic heterocycles. The van der Waals surface area contributed by atoms with E-state index >= 15 is 0 Å². The zero-order valence-electron chi connectivity index (χ0n) is 11.0. The van der Waals surface area contributed by atoms with Crippen LogP contribution in [0, 0.1) is 0 Å². The maximum Gasteiger partial charge on any atom is 0.401 e. The van der Waals surface area contributed by atoms with Crippen molar-refractivity contribution < 1.29 is 23.1 Å². The lowest BCUT2D eigenvalue weighted by Crippen LogP contribution is -2.49. The molecule has 0 spiro atoms. The summed E-state index contributed by atoms with van der Waals surface area (Å²) >= 11 is 5.88. The predicted octanol–water partition coefficient (Wildman–Crippen LogP) is 2.72. The molecule has 1 aromatic rings. The fraction of sp³-hybridized carbons (Fsp3) is 0.462. The molecule has 0 unspecified atom stereocenters. The van der Waals surface area contributed by atoms with Gasteiger partial charge in [0, 0.05) is 31.2 Å². The molecule has 1 saturated heterocycles. The van der Waals surface area contributed by atoms with E-state index in [1.807, 2.05) is 0 Å². The van der Waals surface area contributed by atoms with Crippen LogP contribution in [-0.4, -0.2) is 54.9 Å². The van der Waals surface area contributed by atoms with Gasteiger partial charge >= 0.3 is 12.1 Å². The van der Waals surface area contributed by atoms with Crippen LogP contribution in [0.25, 0.3) is 0 Å². The number of hydrogen-bond donors (Lipinski definition) is 1. The molecule has 0 saturated carbocycles. The number of aromatic carboxylic acids is 1. The zero-order chi connectivity index (χ0) is 15.6. The number of carboxylic acids is 1. The van der Waals surface area contributed by atoms with E-state index in [4.69, 9.17) is 16.7 Å². The van der Waals surface area contributed by atoms with Crippen LogP contribution in [0.4, 0.5) is 18.9 Å². The molecule has 0 amide bonds. The topological polar surface area (TPSA) is 43.8 Å². The summed E-state index contributed by atoms with van der Waals surface area (Å²) in [6.45, 7) is 0.172. The van der Waals surface area contributed by atoms with Crippen molar-refractivity contribution in [1.29, 1.82) is 0 Å². The first-order chi connectivity index (χ1) is 9.76. The summed E-state index contributed by atoms with van der Waals surface area (Å²) in [7, 11) is 0. The summed E-state index contributed by atoms with van der Waals surface area (Å²) in [6.07, 6.45) is -4.22. The number of nitrogens with zero attached hydrogens (tertiary/aromatic N) is 2. The minimum absolute atomic E-state index is 0.101. The average Bonchev–Trinajstić information content (AvgIpc) is 2.37. The fourth-order valence-electron chi connectivity index (χ4n) is 2.35. The van der Waals surface area contributed by atoms with Gasteiger partial charge in [0.05, 0.1) is 17.8 Å². The largest absolute Gasteiger partial charge is 0.478 e. The standard InChI is InChI=1S/C13H14ClF3N2O2/c14-9-1-2-10(12(20)21)11(7-9)19-5-3-18(4-6-19)8-13(15,16)17/h1-2,7H,3-6,8H2,(H,20,21). The smallest absolute Gasteiger partial charge is 0.401 e. The number of halogens is 4. The molecule has 4 nitrogen and oxygen atoms in total. The second kappa shape index (κ2) is 6.11. The Morgan fingerprint density at radius 3 is 2.38 bits per heavy atom. The molecule has 0 bridgehead atoms. The molecule has 1 heterocycles. The molecule has 0 aromatic heterocycles. The predicted molar refractivity (Wildman–Crippen MR) is 73.1 cm³/mol. The maximum atomic E-state index is 12.3. The maximum absolute atomic E-state index is 12.3. The molecular formula is C13H14ClF3N2O2. The Kier molecular flexibility index (Phi) is 4.63. The van der Waals surface area contributed by atoms with Crippen LogP contribution in [0.3, 0.4) is 0 Å². The number of carbonyl (C=O) groups is 1. The first kappa shape index (κ1) is 15.9. The molecule has 8 heteroatoms. The molecule has 0 aliphatic carbocycles. The summed E-state index contributed by atoms with van der Waals surface area (Å²) in [5, 5.41) is 9.56. The summed E-state index contributed by atoms with van der Waals surface area (Å²) in [6, 6.07) is 4.42. The van der Waals surface area contributed by atoms with Gasteiger partial charge in [-0.2, -0.15) is 13.2 Å². The van der Waals surface area contributed by atoms with Gasteiger partial charge in [-0.3, -0.25) is 4.90 Å². The monoisotopic (exact) mass is 322 g/mol. The lowest BCUT2D eigenvalue weighted by molar-refractivity contribution is -0.146. The van der Waals surface area contributed by atoms with Crippen molar-refractivity contribution in [2.75, 3.05) is 37.6 Å². The van der Waals surface area contributed by atoms with Gasteiger partial charge in [0.15, 0.2) is 0 Å². The third-order valence-corrected chi connectivity index (χ3v) is 3.54. The molecule has 116 valence electrons. The van der Waals surface area contributed by atoms with Gasteiger partial charge in [-0.15, -0.1) is 0 Å². The van der Waals surface area contributed by atoms with Crippen LogP contribution < -0.4 is 4.90 Å². The number of piperazine rings is 1. The van der Waals surface area contributed by atoms with Gasteiger partial charge in [-0.05, 0) is 18.2 Å². The van der Waals surface area contributed by atoms with Gasteiger partial charge in [-0.25, -0.2) is 4.79 Å². The van der Waals surface area contributed by atoms with Gasteiger partial charge in [0.25, 0.3) is 0 Å². The Balaban J connectivity index is 2.09. The van der Waals surface area contributed by atoms with Crippen LogP contribution >= 0.6 is 11.6 Å². The minimum atomic E-state index is -4.22. The number of alkyl halides is 3. The van der Waals surface area contributed by atoms with E-state index in [1.165, 1.54) is 23.1 Å². The van der Waals surface area contributed by atoms with Gasteiger partial charge in [0.1, 0.15) is 0 Å². The first-order valence-electron chi connectivity index (χ1n) is 6.33. The molecule has 1 aliphatic rings. The van der Waals surface area contributed by atoms with Crippen molar-refractivity contribution in [2.45, 2.75) is 6.18 Å². The van der Waals surface area contributed by atoms with E-state index in [9.17, 15) is 18.0 Å². The normalized spacial score (nSPS) is 17.0. The van der Waals surface area contributed by atoms with Crippen molar-refractivity contribution in [3.63, 3.8) is 0 Å². The summed E-state index contributed by atoms with van der Waals surface area (Å²) in [5.41, 5.74) is 0.547. The minimum Gasteiger partial charge on any atom is -0.478 e. The second-order valence-electron chi connectivity index (χ2n) is 4.84. The highest BCUT2D eigenvalue weighted by atomic mass is 35.5. The Hall–Kier alpha value is -1.47. The van der Waals surface area contributed by atoms with Crippen LogP contribution in [0.5, 0.6) is 0 Å². The number of hydrogen-bond acceptors (Lipinski definition) is 3. The first-order valence-corrected chi connectivity index (χ1v) is 6.71. The molecular weight excluding hydrogens is 309 g/mol. The highest BCUT2D eigenvalue weighted by Crippen LogP contribution is 2.27. The van der Waals surface area contributed by atoms with Gasteiger partial charge < -0.3 is 10.0 Å². The van der Waals surface area contributed by atoms with Crippen molar-refractivity contribution in [1.82, 2.24) is 4.90 Å². The number of benzene rings is 1. The van der Waals surface area contributed by atoms with E-state index in [2.05, 4.69) is 0 Å². The van der Waals surface area contributed by atoms with E-state index in [0.29, 0.717) is 23.8 Å². The summed E-state index contributed by atoms with van der Waals surface area (Å²) in [5.74, 6) is -1.08. The Morgan fingerprint density at radius 2 is 1.86 bits per heavy atom. The van der Waals surface area contributed by atoms with Crippen molar-refractivity contribution in [3.05, 3.63) is 28.8 Å². The third-order valence-electron chi connectivity index (χ3n) is 3.31. The van der Waals surface area contributed by atoms with Crippen molar-refractivity contribution >= 4 is 23.3 Å². The van der Waals surface area contributed by atoms with Gasteiger partial charge in [0.2, 0.25) is 0 Å². The Bertz CT molecular complexity index is 529. The van der Waals surface area contributed by atoms with Crippen LogP contribution in [0.1, 0.15) is 10.4 Å². The summed E-state index contributed by atoms with van der Waals surface area (Å²) in [4.78, 5) is 14.3. The lowest BCUT2D eigenvalue weighted by atomic mass is 10.1. The van der Waals surface area contributed by atoms with Crippen molar-refractivity contribution in [2.24, 2.45) is 0 Å². The lowest BCUT2D eigenvalue weighted by Gasteiger charge is -2.36. The average molecular weight is 323 g/mol. The number of anilines is 1. The Labute approximate surface area is 124 Å². The van der Waals surface area contributed by atoms with E-state index in [1.54, 1.807) is 4.90 Å². The molecule has 1 N–H and O–H groups in total. The third kappa shape index (κ3) is 4.25. The fourth-order valence-corrected chi connectivity index (χ4v) is 2.51. The van der Waals surface area contributed by atoms with E-state index < -0.39 is 18.7 Å². The number of carboxylic acid groups (broad SMARTS) is 1. The molecule has 1 aromatic carbocycles. The highest BCUT2D eigenvalue weighted by Gasteiger charge is 2.32. The molecule has 21 heavy (non-hydrogen) atoms. The Morgan fingerprint density at radius 1 is 1.24 bits per heavy atom. The zero-order valence-corrected chi connectivity index (χ0v) is 11.8. The van der Waals surface area contributed by atoms with Crippen LogP contribution in [-0.2, 0) is 0 Å². The van der Waals surface area contributed by atoms with E-state index in [0.717, 1.165) is 0 Å². The molecule has 2 rings (SSSR count). The SMILES string of the molecule is O=C(O)c1ccc(Cl)cc1N1CCN(CC(F)(F)F)CC1. The summed E-state index contributed by atoms with van der Waals surface area (Å²) < 4.78 is 37.0. The van der Waals surface area contributed by atoms with E-state index in [-0.39, 0.29) is 18.7 Å². The molecule has 0 atom stereocenters. The van der Waals surface area contributed by atoms with Crippen LogP contribution in [0.2, 0.25) is 5.02 Å². The molecule has 1 fully saturated rings. The second-order valence-corrected chi connectivity index (χ2v) is 5.28. The highest BCUT2D eigenvalue weighted by molar-refractivity contribution is 6.31. The molecule has 0 radical (unpaired) electrons. The number of rotatable bonds is 3. The van der Waals surface area contributed by atoms with Gasteiger partial charge in [-0.1, -0.05) is 11.6 Å². The quantitative estimate of drug-likeness (QED) is 0.929.